The zero-order valence-corrected chi connectivity index (χ0v) is 16.5. The van der Waals surface area contributed by atoms with Crippen molar-refractivity contribution in [3.63, 3.8) is 0 Å². The van der Waals surface area contributed by atoms with Gasteiger partial charge in [-0.3, -0.25) is 14.9 Å². The first-order chi connectivity index (χ1) is 14.0. The Morgan fingerprint density at radius 2 is 1.76 bits per heavy atom. The minimum Gasteiger partial charge on any atom is -0.441 e. The number of halogens is 1. The molecule has 0 saturated carbocycles. The fraction of sp³-hybridized carbons (Fsp3) is 0.286. The number of rotatable bonds is 3. The summed E-state index contributed by atoms with van der Waals surface area (Å²) in [6.07, 6.45) is 5.98. The van der Waals surface area contributed by atoms with E-state index in [9.17, 15) is 14.0 Å². The third-order valence-corrected chi connectivity index (χ3v) is 5.30. The second-order valence-corrected chi connectivity index (χ2v) is 7.37. The molecular weight excluding hydrogens is 393 g/mol. The lowest BCUT2D eigenvalue weighted by atomic mass is 10.1. The number of hydrogen-bond acceptors (Lipinski definition) is 5. The predicted octanol–water partition coefficient (Wildman–Crippen LogP) is 3.63. The summed E-state index contributed by atoms with van der Waals surface area (Å²) < 4.78 is 20.1. The first kappa shape index (κ1) is 19.3. The van der Waals surface area contributed by atoms with E-state index in [4.69, 9.17) is 16.6 Å². The normalized spacial score (nSPS) is 19.5. The van der Waals surface area contributed by atoms with Gasteiger partial charge < -0.3 is 9.32 Å². The average Bonchev–Trinajstić information content (AvgIpc) is 2.99. The van der Waals surface area contributed by atoms with Gasteiger partial charge in [0.05, 0.1) is 5.69 Å². The van der Waals surface area contributed by atoms with E-state index in [0.29, 0.717) is 11.6 Å². The molecule has 2 saturated heterocycles. The summed E-state index contributed by atoms with van der Waals surface area (Å²) in [5.41, 5.74) is -0.184. The lowest BCUT2D eigenvalue weighted by Crippen LogP contribution is -2.54. The number of amides is 2. The van der Waals surface area contributed by atoms with Gasteiger partial charge in [-0.05, 0) is 49.3 Å². The van der Waals surface area contributed by atoms with Crippen LogP contribution in [0.3, 0.4) is 0 Å². The summed E-state index contributed by atoms with van der Waals surface area (Å²) in [4.78, 5) is 28.5. The number of benzene rings is 1. The summed E-state index contributed by atoms with van der Waals surface area (Å²) >= 11 is 5.09. The highest BCUT2D eigenvalue weighted by atomic mass is 32.1. The van der Waals surface area contributed by atoms with Crippen LogP contribution in [0.2, 0.25) is 0 Å². The van der Waals surface area contributed by atoms with Crippen LogP contribution in [0.15, 0.2) is 46.4 Å². The molecule has 29 heavy (non-hydrogen) atoms. The number of nitrogens with one attached hydrogen (secondary N) is 1. The van der Waals surface area contributed by atoms with Crippen LogP contribution in [-0.2, 0) is 9.59 Å². The summed E-state index contributed by atoms with van der Waals surface area (Å²) in [6.45, 7) is 1.83. The zero-order valence-electron chi connectivity index (χ0n) is 15.7. The number of furan rings is 1. The first-order valence-corrected chi connectivity index (χ1v) is 9.96. The molecule has 0 atom stereocenters. The molecular formula is C21H20FN3O3S. The van der Waals surface area contributed by atoms with Gasteiger partial charge in [0.25, 0.3) is 11.8 Å². The molecule has 2 amide bonds. The molecule has 8 heteroatoms. The highest BCUT2D eigenvalue weighted by Gasteiger charge is 2.36. The Morgan fingerprint density at radius 1 is 1.03 bits per heavy atom. The molecule has 1 N–H and O–H groups in total. The van der Waals surface area contributed by atoms with Gasteiger partial charge in [-0.2, -0.15) is 0 Å². The maximum absolute atomic E-state index is 14.2. The van der Waals surface area contributed by atoms with Gasteiger partial charge >= 0.3 is 0 Å². The van der Waals surface area contributed by atoms with E-state index in [1.807, 2.05) is 6.07 Å². The lowest BCUT2D eigenvalue weighted by Gasteiger charge is -2.28. The minimum atomic E-state index is -0.698. The summed E-state index contributed by atoms with van der Waals surface area (Å²) in [5, 5.41) is 2.28. The van der Waals surface area contributed by atoms with Crippen LogP contribution >= 0.6 is 12.2 Å². The van der Waals surface area contributed by atoms with Crippen molar-refractivity contribution in [1.29, 1.82) is 0 Å². The Morgan fingerprint density at radius 3 is 2.48 bits per heavy atom. The molecule has 0 radical (unpaired) electrons. The van der Waals surface area contributed by atoms with Crippen LogP contribution in [0, 0.1) is 5.82 Å². The number of thiocarbonyl (C=S) groups is 1. The van der Waals surface area contributed by atoms with Crippen molar-refractivity contribution in [3.05, 3.63) is 53.5 Å². The second-order valence-electron chi connectivity index (χ2n) is 6.99. The van der Waals surface area contributed by atoms with Crippen molar-refractivity contribution in [3.8, 4) is 0 Å². The Hall–Kier alpha value is -3.00. The smallest absolute Gasteiger partial charge is 0.270 e. The van der Waals surface area contributed by atoms with E-state index >= 15 is 0 Å². The van der Waals surface area contributed by atoms with Crippen LogP contribution < -0.4 is 15.1 Å². The van der Waals surface area contributed by atoms with Crippen LogP contribution in [-0.4, -0.2) is 30.0 Å². The minimum absolute atomic E-state index is 0.0156. The predicted molar refractivity (Wildman–Crippen MR) is 112 cm³/mol. The molecule has 4 rings (SSSR count). The fourth-order valence-electron chi connectivity index (χ4n) is 3.53. The Labute approximate surface area is 173 Å². The third-order valence-electron chi connectivity index (χ3n) is 5.01. The standard InChI is InChI=1S/C21H20FN3O3S/c22-16-7-3-4-8-17(16)25-20(27)15(19(26)23-21(25)29)13-14-9-10-18(28-14)24-11-5-1-2-6-12-24/h3-4,7-10,13H,1-2,5-6,11-12H2,(H,23,26,29)/b15-13-. The molecule has 2 aromatic rings. The SMILES string of the molecule is O=C1NC(=S)N(c2ccccc2F)C(=O)/C1=C\c1ccc(N2CCCCCC2)o1. The van der Waals surface area contributed by atoms with Crippen LogP contribution in [0.4, 0.5) is 16.0 Å². The van der Waals surface area contributed by atoms with Crippen LogP contribution in [0.25, 0.3) is 6.08 Å². The van der Waals surface area contributed by atoms with Gasteiger partial charge in [0.1, 0.15) is 17.2 Å². The maximum Gasteiger partial charge on any atom is 0.270 e. The monoisotopic (exact) mass is 413 g/mol. The number of anilines is 2. The van der Waals surface area contributed by atoms with Crippen molar-refractivity contribution in [1.82, 2.24) is 5.32 Å². The Balaban J connectivity index is 1.62. The highest BCUT2D eigenvalue weighted by Crippen LogP contribution is 2.27. The van der Waals surface area contributed by atoms with Gasteiger partial charge in [0, 0.05) is 19.2 Å². The Bertz CT molecular complexity index is 993. The van der Waals surface area contributed by atoms with Gasteiger partial charge in [0.15, 0.2) is 11.0 Å². The molecule has 150 valence electrons. The average molecular weight is 413 g/mol. The summed E-state index contributed by atoms with van der Waals surface area (Å²) in [7, 11) is 0. The first-order valence-electron chi connectivity index (χ1n) is 9.55. The van der Waals surface area contributed by atoms with E-state index < -0.39 is 17.6 Å². The third kappa shape index (κ3) is 3.93. The van der Waals surface area contributed by atoms with Gasteiger partial charge in [-0.15, -0.1) is 0 Å². The molecule has 0 bridgehead atoms. The number of hydrogen-bond donors (Lipinski definition) is 1. The van der Waals surface area contributed by atoms with Gasteiger partial charge in [-0.25, -0.2) is 9.29 Å². The zero-order chi connectivity index (χ0) is 20.4. The number of para-hydroxylation sites is 1. The molecule has 1 aromatic heterocycles. The van der Waals surface area contributed by atoms with E-state index in [2.05, 4.69) is 10.2 Å². The second kappa shape index (κ2) is 8.16. The largest absolute Gasteiger partial charge is 0.441 e. The lowest BCUT2D eigenvalue weighted by molar-refractivity contribution is -0.122. The molecule has 0 spiro atoms. The fourth-order valence-corrected chi connectivity index (χ4v) is 3.81. The van der Waals surface area contributed by atoms with E-state index in [0.717, 1.165) is 30.8 Å². The van der Waals surface area contributed by atoms with Crippen molar-refractivity contribution in [2.45, 2.75) is 25.7 Å². The van der Waals surface area contributed by atoms with Crippen molar-refractivity contribution in [2.75, 3.05) is 22.9 Å². The summed E-state index contributed by atoms with van der Waals surface area (Å²) in [5.74, 6) is -0.857. The molecule has 2 aliphatic rings. The van der Waals surface area contributed by atoms with Crippen molar-refractivity contribution < 1.29 is 18.4 Å². The number of carbonyl (C=O) groups excluding carboxylic acids is 2. The Kier molecular flexibility index (Phi) is 5.44. The molecule has 3 heterocycles. The molecule has 0 unspecified atom stereocenters. The highest BCUT2D eigenvalue weighted by molar-refractivity contribution is 7.80. The van der Waals surface area contributed by atoms with Gasteiger partial charge in [-0.1, -0.05) is 25.0 Å². The van der Waals surface area contributed by atoms with Crippen molar-refractivity contribution >= 4 is 46.8 Å². The van der Waals surface area contributed by atoms with E-state index in [1.54, 1.807) is 12.1 Å². The molecule has 1 aromatic carbocycles. The topological polar surface area (TPSA) is 65.8 Å². The maximum atomic E-state index is 14.2. The quantitative estimate of drug-likeness (QED) is 0.473. The summed E-state index contributed by atoms with van der Waals surface area (Å²) in [6, 6.07) is 9.31. The molecule has 6 nitrogen and oxygen atoms in total. The van der Waals surface area contributed by atoms with Crippen LogP contribution in [0.5, 0.6) is 0 Å². The number of nitrogens with zero attached hydrogens (tertiary/aromatic N) is 2. The van der Waals surface area contributed by atoms with Gasteiger partial charge in [0.2, 0.25) is 0 Å². The van der Waals surface area contributed by atoms with E-state index in [-0.39, 0.29) is 16.4 Å². The van der Waals surface area contributed by atoms with E-state index in [1.165, 1.54) is 37.1 Å². The van der Waals surface area contributed by atoms with Crippen molar-refractivity contribution in [2.24, 2.45) is 0 Å². The molecule has 2 fully saturated rings. The van der Waals surface area contributed by atoms with Crippen LogP contribution in [0.1, 0.15) is 31.4 Å². The number of carbonyl (C=O) groups is 2. The molecule has 0 aliphatic carbocycles. The molecule has 2 aliphatic heterocycles.